The molecule has 112 valence electrons. The second-order valence-electron chi connectivity index (χ2n) is 6.46. The molecule has 0 aromatic heterocycles. The minimum Gasteiger partial charge on any atom is -0.303 e. The Balaban J connectivity index is 1.94. The quantitative estimate of drug-likeness (QED) is 0.653. The fourth-order valence-corrected chi connectivity index (χ4v) is 3.49. The molecule has 2 atom stereocenters. The van der Waals surface area contributed by atoms with Gasteiger partial charge in [0.25, 0.3) is 0 Å². The van der Waals surface area contributed by atoms with Gasteiger partial charge in [-0.15, -0.1) is 0 Å². The van der Waals surface area contributed by atoms with Crippen molar-refractivity contribution in [1.82, 2.24) is 4.90 Å². The van der Waals surface area contributed by atoms with Gasteiger partial charge >= 0.3 is 0 Å². The van der Waals surface area contributed by atoms with Gasteiger partial charge in [0.15, 0.2) is 0 Å². The molecule has 0 saturated heterocycles. The molecule has 0 unspecified atom stereocenters. The van der Waals surface area contributed by atoms with E-state index < -0.39 is 0 Å². The maximum atomic E-state index is 2.72. The molecule has 2 rings (SSSR count). The van der Waals surface area contributed by atoms with Crippen LogP contribution < -0.4 is 0 Å². The van der Waals surface area contributed by atoms with Crippen LogP contribution in [0.5, 0.6) is 0 Å². The lowest BCUT2D eigenvalue weighted by Crippen LogP contribution is -2.32. The van der Waals surface area contributed by atoms with Crippen molar-refractivity contribution in [2.45, 2.75) is 58.8 Å². The summed E-state index contributed by atoms with van der Waals surface area (Å²) < 4.78 is 0. The van der Waals surface area contributed by atoms with E-state index in [4.69, 9.17) is 0 Å². The molecule has 1 aliphatic rings. The first-order valence-electron chi connectivity index (χ1n) is 8.56. The van der Waals surface area contributed by atoms with Crippen molar-refractivity contribution in [3.05, 3.63) is 35.4 Å². The lowest BCUT2D eigenvalue weighted by atomic mass is 9.94. The molecule has 1 aliphatic carbocycles. The van der Waals surface area contributed by atoms with Gasteiger partial charge in [-0.05, 0) is 55.3 Å². The number of hydrogen-bond acceptors (Lipinski definition) is 1. The van der Waals surface area contributed by atoms with Crippen LogP contribution in [0.3, 0.4) is 0 Å². The summed E-state index contributed by atoms with van der Waals surface area (Å²) in [6.45, 7) is 10.9. The monoisotopic (exact) mass is 273 g/mol. The number of fused-ring (bicyclic) bond motifs is 1. The molecule has 0 aliphatic heterocycles. The van der Waals surface area contributed by atoms with E-state index in [-0.39, 0.29) is 0 Å². The van der Waals surface area contributed by atoms with Crippen LogP contribution >= 0.6 is 0 Å². The van der Waals surface area contributed by atoms with Gasteiger partial charge in [-0.25, -0.2) is 0 Å². The Morgan fingerprint density at radius 3 is 2.30 bits per heavy atom. The minimum atomic E-state index is 0.733. The number of hydrogen-bond donors (Lipinski definition) is 0. The van der Waals surface area contributed by atoms with Crippen LogP contribution in [0.15, 0.2) is 24.3 Å². The zero-order valence-corrected chi connectivity index (χ0v) is 13.6. The van der Waals surface area contributed by atoms with Crippen LogP contribution in [0.4, 0.5) is 0 Å². The maximum Gasteiger partial charge on any atom is 0.00186 e. The van der Waals surface area contributed by atoms with E-state index >= 15 is 0 Å². The average Bonchev–Trinajstić information content (AvgIpc) is 2.79. The van der Waals surface area contributed by atoms with Crippen LogP contribution in [0.2, 0.25) is 0 Å². The van der Waals surface area contributed by atoms with E-state index in [1.54, 1.807) is 11.1 Å². The van der Waals surface area contributed by atoms with Gasteiger partial charge in [-0.3, -0.25) is 0 Å². The number of benzene rings is 1. The Bertz CT molecular complexity index is 391. The molecule has 0 spiro atoms. The first-order valence-corrected chi connectivity index (χ1v) is 8.56. The minimum absolute atomic E-state index is 0.733. The summed E-state index contributed by atoms with van der Waals surface area (Å²) in [6.07, 6.45) is 6.59. The van der Waals surface area contributed by atoms with Crippen molar-refractivity contribution in [2.75, 3.05) is 19.6 Å². The molecular weight excluding hydrogens is 242 g/mol. The lowest BCUT2D eigenvalue weighted by molar-refractivity contribution is 0.216. The third-order valence-electron chi connectivity index (χ3n) is 4.88. The Morgan fingerprint density at radius 2 is 1.70 bits per heavy atom. The van der Waals surface area contributed by atoms with E-state index in [9.17, 15) is 0 Å². The highest BCUT2D eigenvalue weighted by atomic mass is 15.1. The van der Waals surface area contributed by atoms with Crippen LogP contribution in [0.1, 0.15) is 63.5 Å². The average molecular weight is 273 g/mol. The number of unbranched alkanes of at least 4 members (excludes halogenated alkanes) is 2. The molecule has 0 bridgehead atoms. The van der Waals surface area contributed by atoms with Crippen molar-refractivity contribution in [2.24, 2.45) is 5.92 Å². The third-order valence-corrected chi connectivity index (χ3v) is 4.88. The predicted molar refractivity (Wildman–Crippen MR) is 88.3 cm³/mol. The Labute approximate surface area is 125 Å². The van der Waals surface area contributed by atoms with Crippen LogP contribution in [-0.2, 0) is 6.42 Å². The van der Waals surface area contributed by atoms with Crippen LogP contribution in [0.25, 0.3) is 0 Å². The summed E-state index contributed by atoms with van der Waals surface area (Å²) in [5.74, 6) is 1.55. The maximum absolute atomic E-state index is 2.72. The van der Waals surface area contributed by atoms with Gasteiger partial charge in [0.2, 0.25) is 0 Å². The van der Waals surface area contributed by atoms with Gasteiger partial charge in [-0.2, -0.15) is 0 Å². The Hall–Kier alpha value is -0.820. The van der Waals surface area contributed by atoms with E-state index in [0.29, 0.717) is 0 Å². The smallest absolute Gasteiger partial charge is 0.00186 e. The van der Waals surface area contributed by atoms with Gasteiger partial charge in [0.1, 0.15) is 0 Å². The molecule has 0 radical (unpaired) electrons. The molecular formula is C19H31N. The van der Waals surface area contributed by atoms with Gasteiger partial charge in [0.05, 0.1) is 0 Å². The molecule has 0 N–H and O–H groups in total. The molecule has 1 aromatic carbocycles. The van der Waals surface area contributed by atoms with E-state index in [0.717, 1.165) is 11.8 Å². The van der Waals surface area contributed by atoms with Crippen LogP contribution in [-0.4, -0.2) is 24.5 Å². The largest absolute Gasteiger partial charge is 0.303 e. The summed E-state index contributed by atoms with van der Waals surface area (Å²) in [5, 5.41) is 0. The highest BCUT2D eigenvalue weighted by molar-refractivity contribution is 5.35. The molecule has 1 nitrogen and oxygen atoms in total. The Morgan fingerprint density at radius 1 is 1.05 bits per heavy atom. The summed E-state index contributed by atoms with van der Waals surface area (Å²) in [5.41, 5.74) is 3.19. The zero-order chi connectivity index (χ0) is 14.4. The second kappa shape index (κ2) is 7.83. The van der Waals surface area contributed by atoms with E-state index in [2.05, 4.69) is 49.9 Å². The van der Waals surface area contributed by atoms with Crippen molar-refractivity contribution in [3.63, 3.8) is 0 Å². The molecule has 0 amide bonds. The topological polar surface area (TPSA) is 3.24 Å². The third kappa shape index (κ3) is 3.85. The first kappa shape index (κ1) is 15.6. The predicted octanol–water partition coefficient (Wildman–Crippen LogP) is 4.86. The first-order chi connectivity index (χ1) is 9.76. The van der Waals surface area contributed by atoms with Crippen LogP contribution in [0, 0.1) is 5.92 Å². The standard InChI is InChI=1S/C19H31N/c1-4-6-12-20(13-7-5-2)15-18-14-17-10-8-9-11-19(17)16(18)3/h8-11,16,18H,4-7,12-15H2,1-3H3/t16-,18+/m0/s1. The number of rotatable bonds is 8. The zero-order valence-electron chi connectivity index (χ0n) is 13.6. The molecule has 0 fully saturated rings. The molecule has 0 saturated carbocycles. The van der Waals surface area contributed by atoms with Crippen molar-refractivity contribution < 1.29 is 0 Å². The van der Waals surface area contributed by atoms with Crippen molar-refractivity contribution in [3.8, 4) is 0 Å². The fourth-order valence-electron chi connectivity index (χ4n) is 3.49. The summed E-state index contributed by atoms with van der Waals surface area (Å²) >= 11 is 0. The highest BCUT2D eigenvalue weighted by Gasteiger charge is 2.29. The molecule has 0 heterocycles. The molecule has 20 heavy (non-hydrogen) atoms. The van der Waals surface area contributed by atoms with Crippen molar-refractivity contribution >= 4 is 0 Å². The van der Waals surface area contributed by atoms with Crippen molar-refractivity contribution in [1.29, 1.82) is 0 Å². The normalized spacial score (nSPS) is 21.4. The fraction of sp³-hybridized carbons (Fsp3) is 0.684. The summed E-state index contributed by atoms with van der Waals surface area (Å²) in [7, 11) is 0. The summed E-state index contributed by atoms with van der Waals surface area (Å²) in [4.78, 5) is 2.72. The van der Waals surface area contributed by atoms with E-state index in [1.165, 1.54) is 51.7 Å². The van der Waals surface area contributed by atoms with Gasteiger partial charge < -0.3 is 4.90 Å². The summed E-state index contributed by atoms with van der Waals surface area (Å²) in [6, 6.07) is 9.06. The van der Waals surface area contributed by atoms with Gasteiger partial charge in [-0.1, -0.05) is 57.9 Å². The second-order valence-corrected chi connectivity index (χ2v) is 6.46. The Kier molecular flexibility index (Phi) is 6.09. The van der Waals surface area contributed by atoms with Gasteiger partial charge in [0, 0.05) is 6.54 Å². The van der Waals surface area contributed by atoms with E-state index in [1.807, 2.05) is 0 Å². The highest BCUT2D eigenvalue weighted by Crippen LogP contribution is 2.37. The lowest BCUT2D eigenvalue weighted by Gasteiger charge is -2.27. The molecule has 1 aromatic rings. The number of nitrogens with zero attached hydrogens (tertiary/aromatic N) is 1. The SMILES string of the molecule is CCCCN(CCCC)C[C@H]1Cc2ccccc2[C@H]1C. The molecule has 1 heteroatoms.